The second-order valence-electron chi connectivity index (χ2n) is 11.9. The van der Waals surface area contributed by atoms with Gasteiger partial charge in [-0.05, 0) is 62.4 Å². The first kappa shape index (κ1) is 38.4. The first-order chi connectivity index (χ1) is 27.8. The molecule has 0 saturated carbocycles. The number of benzene rings is 1. The molecule has 0 fully saturated rings. The second kappa shape index (κ2) is 18.2. The highest BCUT2D eigenvalue weighted by Crippen LogP contribution is 2.35. The number of hydrogen-bond donors (Lipinski definition) is 6. The van der Waals surface area contributed by atoms with E-state index in [1.54, 1.807) is 60.5 Å². The van der Waals surface area contributed by atoms with Gasteiger partial charge in [-0.1, -0.05) is 41.1 Å². The van der Waals surface area contributed by atoms with E-state index in [0.29, 0.717) is 21.0 Å². The second-order valence-corrected chi connectivity index (χ2v) is 14.3. The molecule has 0 unspecified atom stereocenters. The van der Waals surface area contributed by atoms with Crippen LogP contribution in [-0.2, 0) is 0 Å². The maximum atomic E-state index is 13.6. The van der Waals surface area contributed by atoms with Crippen molar-refractivity contribution in [2.24, 2.45) is 0 Å². The van der Waals surface area contributed by atoms with Crippen molar-refractivity contribution in [2.75, 3.05) is 16.0 Å². The number of anilines is 6. The highest BCUT2D eigenvalue weighted by molar-refractivity contribution is 7.20. The first-order valence-corrected chi connectivity index (χ1v) is 19.0. The highest BCUT2D eigenvalue weighted by atomic mass is 35.5. The van der Waals surface area contributed by atoms with Gasteiger partial charge in [0.05, 0.1) is 35.7 Å². The zero-order chi connectivity index (χ0) is 39.6. The molecule has 14 nitrogen and oxygen atoms in total. The summed E-state index contributed by atoms with van der Waals surface area (Å²) in [7, 11) is 0. The molecule has 0 aliphatic heterocycles. The number of halogens is 3. The van der Waals surface area contributed by atoms with Crippen LogP contribution in [0.1, 0.15) is 11.4 Å². The van der Waals surface area contributed by atoms with Gasteiger partial charge in [0.25, 0.3) is 0 Å². The molecule has 8 heterocycles. The number of hydrogen-bond acceptors (Lipinski definition) is 13. The molecule has 1 aromatic carbocycles. The van der Waals surface area contributed by atoms with Gasteiger partial charge in [0.1, 0.15) is 39.1 Å². The molecule has 0 aliphatic rings. The lowest BCUT2D eigenvalue weighted by atomic mass is 10.2. The average Bonchev–Trinajstić information content (AvgIpc) is 4.06. The summed E-state index contributed by atoms with van der Waals surface area (Å²) in [5.74, 6) is 0.933. The molecule has 0 radical (unpaired) electrons. The molecule has 286 valence electrons. The van der Waals surface area contributed by atoms with Gasteiger partial charge in [0, 0.05) is 58.1 Å². The van der Waals surface area contributed by atoms with Crippen LogP contribution in [0.2, 0.25) is 4.34 Å². The van der Waals surface area contributed by atoms with Crippen molar-refractivity contribution in [3.8, 4) is 33.8 Å². The number of H-pyrrole nitrogens is 3. The van der Waals surface area contributed by atoms with Crippen molar-refractivity contribution in [1.82, 2.24) is 55.5 Å². The van der Waals surface area contributed by atoms with Crippen LogP contribution in [0.25, 0.3) is 33.8 Å². The van der Waals surface area contributed by atoms with Gasteiger partial charge in [-0.25, -0.2) is 33.7 Å². The van der Waals surface area contributed by atoms with Gasteiger partial charge in [-0.15, -0.1) is 11.3 Å². The number of rotatable bonds is 9. The van der Waals surface area contributed by atoms with Crippen LogP contribution < -0.4 is 16.0 Å². The van der Waals surface area contributed by atoms with Crippen molar-refractivity contribution in [3.63, 3.8) is 0 Å². The first-order valence-electron chi connectivity index (χ1n) is 17.0. The Bertz CT molecular complexity index is 2650. The number of aromatic nitrogens is 11. The predicted molar refractivity (Wildman–Crippen MR) is 220 cm³/mol. The number of aromatic amines is 3. The van der Waals surface area contributed by atoms with Gasteiger partial charge in [-0.3, -0.25) is 15.3 Å². The molecule has 0 bridgehead atoms. The molecule has 9 rings (SSSR count). The smallest absolute Gasteiger partial charge is 0.190 e. The van der Waals surface area contributed by atoms with Crippen LogP contribution in [0.3, 0.4) is 0 Å². The molecule has 9 aromatic rings. The molecule has 0 saturated heterocycles. The summed E-state index contributed by atoms with van der Waals surface area (Å²) in [6, 6.07) is 20.1. The molecule has 0 atom stereocenters. The molecule has 6 N–H and O–H groups in total. The van der Waals surface area contributed by atoms with Gasteiger partial charge in [-0.2, -0.15) is 15.3 Å². The van der Waals surface area contributed by atoms with Crippen molar-refractivity contribution in [3.05, 3.63) is 143 Å². The Labute approximate surface area is 336 Å². The summed E-state index contributed by atoms with van der Waals surface area (Å²) in [5.41, 5.74) is 6.94. The molecule has 0 aliphatic carbocycles. The Morgan fingerprint density at radius 3 is 1.79 bits per heavy atom. The third-order valence-electron chi connectivity index (χ3n) is 7.64. The van der Waals surface area contributed by atoms with Crippen LogP contribution in [0, 0.1) is 25.5 Å². The summed E-state index contributed by atoms with van der Waals surface area (Å²) in [5, 5.41) is 32.5. The summed E-state index contributed by atoms with van der Waals surface area (Å²) in [6.45, 7) is 3.90. The van der Waals surface area contributed by atoms with Gasteiger partial charge < -0.3 is 16.0 Å². The largest absolute Gasteiger partial charge is 0.338 e. The quantitative estimate of drug-likeness (QED) is 0.0814. The minimum atomic E-state index is -0.540. The molecule has 19 heteroatoms. The average molecular weight is 821 g/mol. The standard InChI is InChI=1S/C14H10F2N4.C12H10ClN5S.C12H11N5S/c15-10-4-5-11(16)13(6-10)20-14-3-1-2-12(19-14)9-7-17-18-8-9;1-7-3-2-4-9(16-7)17-12-18-10(11(13)19-12)8-5-14-15-6-8;1-8-3-2-4-11(15-8)17-12-16-10(7-18-12)9-5-13-14-6-9/h1-8H,(H,17,18)(H,19,20);2-6H,1H3,(H,14,15)(H,16,17,18);2-7H,1H3,(H,13,14)(H,15,16,17). The van der Waals surface area contributed by atoms with Crippen LogP contribution in [0.5, 0.6) is 0 Å². The van der Waals surface area contributed by atoms with Crippen molar-refractivity contribution < 1.29 is 8.78 Å². The van der Waals surface area contributed by atoms with E-state index in [0.717, 1.165) is 74.4 Å². The number of nitrogens with one attached hydrogen (secondary N) is 6. The lowest BCUT2D eigenvalue weighted by Gasteiger charge is -2.08. The van der Waals surface area contributed by atoms with Crippen LogP contribution >= 0.6 is 34.3 Å². The van der Waals surface area contributed by atoms with Crippen LogP contribution in [0.15, 0.2) is 115 Å². The fraction of sp³-hybridized carbons (Fsp3) is 0.0526. The third kappa shape index (κ3) is 10.5. The number of pyridine rings is 3. The SMILES string of the molecule is Cc1cccc(Nc2nc(-c3cn[nH]c3)c(Cl)s2)n1.Cc1cccc(Nc2nc(-c3cn[nH]c3)cs2)n1.Fc1ccc(F)c(Nc2cccc(-c3cn[nH]c3)n2)c1. The predicted octanol–water partition coefficient (Wildman–Crippen LogP) is 10.1. The topological polar surface area (TPSA) is 187 Å². The van der Waals surface area contributed by atoms with E-state index < -0.39 is 11.6 Å². The van der Waals surface area contributed by atoms with Crippen LogP contribution in [0.4, 0.5) is 42.2 Å². The molecule has 0 amide bonds. The molecular formula is C38H31ClF2N14S2. The Hall–Kier alpha value is -6.89. The number of nitrogens with zero attached hydrogens (tertiary/aromatic N) is 8. The van der Waals surface area contributed by atoms with Crippen LogP contribution in [-0.4, -0.2) is 55.5 Å². The third-order valence-corrected chi connectivity index (χ3v) is 9.56. The summed E-state index contributed by atoms with van der Waals surface area (Å²) in [6.07, 6.45) is 10.4. The van der Waals surface area contributed by atoms with Gasteiger partial charge in [0.2, 0.25) is 0 Å². The zero-order valence-corrected chi connectivity index (χ0v) is 32.4. The fourth-order valence-electron chi connectivity index (χ4n) is 5.00. The summed E-state index contributed by atoms with van der Waals surface area (Å²) >= 11 is 9.11. The van der Waals surface area contributed by atoms with E-state index >= 15 is 0 Å². The van der Waals surface area contributed by atoms with E-state index in [-0.39, 0.29) is 5.69 Å². The molecule has 8 aromatic heterocycles. The van der Waals surface area contributed by atoms with Gasteiger partial charge >= 0.3 is 0 Å². The Balaban J connectivity index is 0.000000131. The fourth-order valence-corrected chi connectivity index (χ4v) is 6.82. The lowest BCUT2D eigenvalue weighted by Crippen LogP contribution is -1.97. The van der Waals surface area contributed by atoms with E-state index in [4.69, 9.17) is 11.6 Å². The maximum absolute atomic E-state index is 13.6. The normalized spacial score (nSPS) is 10.5. The molecular weight excluding hydrogens is 790 g/mol. The van der Waals surface area contributed by atoms with Crippen molar-refractivity contribution in [2.45, 2.75) is 13.8 Å². The van der Waals surface area contributed by atoms with E-state index in [1.807, 2.05) is 61.8 Å². The lowest BCUT2D eigenvalue weighted by molar-refractivity contribution is 0.603. The summed E-state index contributed by atoms with van der Waals surface area (Å²) in [4.78, 5) is 22.0. The highest BCUT2D eigenvalue weighted by Gasteiger charge is 2.13. The maximum Gasteiger partial charge on any atom is 0.190 e. The van der Waals surface area contributed by atoms with E-state index in [9.17, 15) is 8.78 Å². The van der Waals surface area contributed by atoms with E-state index in [1.165, 1.54) is 11.3 Å². The molecule has 0 spiro atoms. The Morgan fingerprint density at radius 2 is 1.18 bits per heavy atom. The minimum Gasteiger partial charge on any atom is -0.338 e. The van der Waals surface area contributed by atoms with Crippen molar-refractivity contribution >= 4 is 67.7 Å². The number of thiazole rings is 2. The Kier molecular flexibility index (Phi) is 12.2. The van der Waals surface area contributed by atoms with Crippen molar-refractivity contribution in [1.29, 1.82) is 0 Å². The monoisotopic (exact) mass is 820 g/mol. The number of aryl methyl sites for hydroxylation is 2. The zero-order valence-electron chi connectivity index (χ0n) is 30.0. The molecule has 57 heavy (non-hydrogen) atoms. The van der Waals surface area contributed by atoms with Gasteiger partial charge in [0.15, 0.2) is 10.3 Å². The Morgan fingerprint density at radius 1 is 0.596 bits per heavy atom. The summed E-state index contributed by atoms with van der Waals surface area (Å²) < 4.78 is 27.3. The minimum absolute atomic E-state index is 0.0434. The van der Waals surface area contributed by atoms with E-state index in [2.05, 4.69) is 71.5 Å².